The largest absolute Gasteiger partial charge is 0.334 e. The summed E-state index contributed by atoms with van der Waals surface area (Å²) in [7, 11) is 0. The number of carbonyl (C=O) groups is 1. The van der Waals surface area contributed by atoms with E-state index in [4.69, 9.17) is 0 Å². The molecule has 1 aromatic carbocycles. The molecule has 3 heterocycles. The lowest BCUT2D eigenvalue weighted by Gasteiger charge is -2.42. The molecule has 1 amide bonds. The molecule has 1 aromatic heterocycles. The Hall–Kier alpha value is -2.08. The topological polar surface area (TPSA) is 70.1 Å². The SMILES string of the molecule is O=C(N[C@@H]1CCN2CCC[C@H]1C2)n1c(=O)[nH]c2ccccc21. The zero-order chi connectivity index (χ0) is 15.1. The minimum atomic E-state index is -0.375. The number of hydrogen-bond acceptors (Lipinski definition) is 3. The number of aromatic nitrogens is 2. The molecule has 2 aliphatic rings. The number of carbonyl (C=O) groups excluding carboxylic acids is 1. The summed E-state index contributed by atoms with van der Waals surface area (Å²) in [4.78, 5) is 29.9. The maximum atomic E-state index is 12.6. The van der Waals surface area contributed by atoms with Gasteiger partial charge in [-0.25, -0.2) is 14.2 Å². The lowest BCUT2D eigenvalue weighted by molar-refractivity contribution is 0.0952. The summed E-state index contributed by atoms with van der Waals surface area (Å²) in [5.74, 6) is 0.507. The van der Waals surface area contributed by atoms with Crippen molar-refractivity contribution in [3.63, 3.8) is 0 Å². The van der Waals surface area contributed by atoms with Crippen LogP contribution in [0.5, 0.6) is 0 Å². The number of hydrogen-bond donors (Lipinski definition) is 2. The smallest absolute Gasteiger partial charge is 0.334 e. The van der Waals surface area contributed by atoms with Gasteiger partial charge in [-0.3, -0.25) is 0 Å². The van der Waals surface area contributed by atoms with Gasteiger partial charge < -0.3 is 15.2 Å². The van der Waals surface area contributed by atoms with E-state index in [0.29, 0.717) is 17.0 Å². The highest BCUT2D eigenvalue weighted by molar-refractivity contribution is 5.89. The Balaban J connectivity index is 1.59. The zero-order valence-electron chi connectivity index (χ0n) is 12.4. The van der Waals surface area contributed by atoms with Crippen molar-refractivity contribution in [1.29, 1.82) is 0 Å². The third-order valence-corrected chi connectivity index (χ3v) is 4.97. The molecule has 6 heteroatoms. The highest BCUT2D eigenvalue weighted by atomic mass is 16.2. The molecule has 3 atom stereocenters. The van der Waals surface area contributed by atoms with Crippen LogP contribution < -0.4 is 11.0 Å². The average molecular weight is 300 g/mol. The predicted molar refractivity (Wildman–Crippen MR) is 84.1 cm³/mol. The van der Waals surface area contributed by atoms with Crippen LogP contribution in [-0.4, -0.2) is 46.2 Å². The summed E-state index contributed by atoms with van der Waals surface area (Å²) in [6, 6.07) is 7.13. The van der Waals surface area contributed by atoms with Gasteiger partial charge in [0.25, 0.3) is 0 Å². The first-order valence-corrected chi connectivity index (χ1v) is 7.95. The molecule has 2 N–H and O–H groups in total. The second-order valence-corrected chi connectivity index (χ2v) is 6.33. The van der Waals surface area contributed by atoms with Gasteiger partial charge in [0.2, 0.25) is 0 Å². The summed E-state index contributed by atoms with van der Waals surface area (Å²) in [5.41, 5.74) is 0.945. The second-order valence-electron chi connectivity index (χ2n) is 6.33. The molecule has 0 saturated carbocycles. The Morgan fingerprint density at radius 3 is 3.00 bits per heavy atom. The van der Waals surface area contributed by atoms with E-state index in [9.17, 15) is 9.59 Å². The molecular formula is C16H20N4O2. The molecule has 2 bridgehead atoms. The van der Waals surface area contributed by atoms with Crippen LogP contribution in [-0.2, 0) is 0 Å². The molecule has 2 saturated heterocycles. The monoisotopic (exact) mass is 300 g/mol. The van der Waals surface area contributed by atoms with Crippen LogP contribution in [0.15, 0.2) is 29.1 Å². The highest BCUT2D eigenvalue weighted by Gasteiger charge is 2.33. The summed E-state index contributed by atoms with van der Waals surface area (Å²) in [5, 5.41) is 3.09. The van der Waals surface area contributed by atoms with Crippen molar-refractivity contribution in [1.82, 2.24) is 19.8 Å². The molecule has 2 aromatic rings. The van der Waals surface area contributed by atoms with Crippen molar-refractivity contribution in [2.45, 2.75) is 25.3 Å². The van der Waals surface area contributed by atoms with Gasteiger partial charge in [-0.15, -0.1) is 0 Å². The third-order valence-electron chi connectivity index (χ3n) is 4.97. The van der Waals surface area contributed by atoms with E-state index in [2.05, 4.69) is 15.2 Å². The van der Waals surface area contributed by atoms with E-state index in [1.54, 1.807) is 12.1 Å². The van der Waals surface area contributed by atoms with Crippen molar-refractivity contribution in [2.24, 2.45) is 5.92 Å². The number of rotatable bonds is 1. The number of H-pyrrole nitrogens is 1. The van der Waals surface area contributed by atoms with Crippen molar-refractivity contribution in [2.75, 3.05) is 19.6 Å². The fourth-order valence-electron chi connectivity index (χ4n) is 3.85. The lowest BCUT2D eigenvalue weighted by Crippen LogP contribution is -2.54. The van der Waals surface area contributed by atoms with Gasteiger partial charge in [0.15, 0.2) is 0 Å². The number of para-hydroxylation sites is 2. The van der Waals surface area contributed by atoms with Crippen LogP contribution in [0.1, 0.15) is 19.3 Å². The van der Waals surface area contributed by atoms with Crippen LogP contribution in [0.25, 0.3) is 11.0 Å². The van der Waals surface area contributed by atoms with Gasteiger partial charge >= 0.3 is 11.7 Å². The normalized spacial score (nSPS) is 27.7. The molecule has 2 aliphatic heterocycles. The molecule has 4 rings (SSSR count). The standard InChI is InChI=1S/C16H20N4O2/c21-15(17-12-7-9-19-8-3-4-11(12)10-19)20-14-6-2-1-5-13(14)18-16(20)22/h1-2,5-6,11-12H,3-4,7-10H2,(H,17,21)(H,18,22)/t11-,12+/m0/s1. The Morgan fingerprint density at radius 2 is 2.09 bits per heavy atom. The van der Waals surface area contributed by atoms with Crippen LogP contribution in [0.2, 0.25) is 0 Å². The van der Waals surface area contributed by atoms with Gasteiger partial charge in [0.05, 0.1) is 11.0 Å². The molecule has 6 nitrogen and oxygen atoms in total. The van der Waals surface area contributed by atoms with Gasteiger partial charge in [0.1, 0.15) is 0 Å². The van der Waals surface area contributed by atoms with Crippen LogP contribution in [0.3, 0.4) is 0 Å². The van der Waals surface area contributed by atoms with Crippen LogP contribution in [0, 0.1) is 5.92 Å². The molecular weight excluding hydrogens is 280 g/mol. The molecule has 2 fully saturated rings. The quantitative estimate of drug-likeness (QED) is 0.835. The summed E-state index contributed by atoms with van der Waals surface area (Å²) in [6.45, 7) is 3.27. The van der Waals surface area contributed by atoms with Crippen LogP contribution >= 0.6 is 0 Å². The number of piperidine rings is 2. The van der Waals surface area contributed by atoms with Gasteiger partial charge in [0, 0.05) is 19.1 Å². The van der Waals surface area contributed by atoms with Crippen molar-refractivity contribution >= 4 is 17.1 Å². The van der Waals surface area contributed by atoms with E-state index in [1.165, 1.54) is 17.5 Å². The minimum absolute atomic E-state index is 0.171. The first kappa shape index (κ1) is 13.6. The molecule has 0 aliphatic carbocycles. The summed E-state index contributed by atoms with van der Waals surface area (Å²) in [6.07, 6.45) is 3.32. The zero-order valence-corrected chi connectivity index (χ0v) is 12.4. The van der Waals surface area contributed by atoms with Gasteiger partial charge in [-0.1, -0.05) is 12.1 Å². The van der Waals surface area contributed by atoms with Gasteiger partial charge in [-0.05, 0) is 43.9 Å². The number of imidazole rings is 1. The van der Waals surface area contributed by atoms with Crippen molar-refractivity contribution in [3.8, 4) is 0 Å². The molecule has 22 heavy (non-hydrogen) atoms. The first-order valence-electron chi connectivity index (χ1n) is 7.95. The maximum absolute atomic E-state index is 12.6. The van der Waals surface area contributed by atoms with E-state index >= 15 is 0 Å². The number of amides is 1. The van der Waals surface area contributed by atoms with Gasteiger partial charge in [-0.2, -0.15) is 0 Å². The van der Waals surface area contributed by atoms with E-state index in [1.807, 2.05) is 12.1 Å². The third kappa shape index (κ3) is 2.23. The first-order chi connectivity index (χ1) is 10.7. The number of fused-ring (bicyclic) bond motifs is 3. The van der Waals surface area contributed by atoms with Crippen molar-refractivity contribution in [3.05, 3.63) is 34.7 Å². The molecule has 0 spiro atoms. The Labute approximate surface area is 128 Å². The fraction of sp³-hybridized carbons (Fsp3) is 0.500. The average Bonchev–Trinajstić information content (AvgIpc) is 2.86. The number of nitrogens with zero attached hydrogens (tertiary/aromatic N) is 2. The molecule has 116 valence electrons. The van der Waals surface area contributed by atoms with Crippen molar-refractivity contribution < 1.29 is 4.79 Å². The summed E-state index contributed by atoms with van der Waals surface area (Å²) < 4.78 is 1.21. The Kier molecular flexibility index (Phi) is 3.26. The van der Waals surface area contributed by atoms with Crippen LogP contribution in [0.4, 0.5) is 4.79 Å². The Morgan fingerprint density at radius 1 is 1.23 bits per heavy atom. The minimum Gasteiger partial charge on any atom is -0.334 e. The second kappa shape index (κ2) is 5.28. The summed E-state index contributed by atoms with van der Waals surface area (Å²) >= 11 is 0. The number of aromatic amines is 1. The molecule has 1 unspecified atom stereocenters. The Bertz CT molecular complexity index is 763. The maximum Gasteiger partial charge on any atom is 0.334 e. The molecule has 0 radical (unpaired) electrons. The van der Waals surface area contributed by atoms with E-state index in [-0.39, 0.29) is 17.8 Å². The van der Waals surface area contributed by atoms with E-state index in [0.717, 1.165) is 25.9 Å². The number of nitrogens with one attached hydrogen (secondary N) is 2. The number of benzene rings is 1. The lowest BCUT2D eigenvalue weighted by atomic mass is 9.85. The fourth-order valence-corrected chi connectivity index (χ4v) is 3.85. The highest BCUT2D eigenvalue weighted by Crippen LogP contribution is 2.26. The predicted octanol–water partition coefficient (Wildman–Crippen LogP) is 1.37. The van der Waals surface area contributed by atoms with E-state index < -0.39 is 0 Å².